The van der Waals surface area contributed by atoms with Crippen molar-refractivity contribution < 1.29 is 18.7 Å². The van der Waals surface area contributed by atoms with Crippen molar-refractivity contribution in [3.05, 3.63) is 76.7 Å². The van der Waals surface area contributed by atoms with Crippen LogP contribution in [-0.4, -0.2) is 37.9 Å². The number of nitrogens with zero attached hydrogens (tertiary/aromatic N) is 1. The molecular formula is C23H21N3O4. The number of ether oxygens (including phenoxy) is 1. The Kier molecular flexibility index (Phi) is 4.52. The molecule has 0 atom stereocenters. The Morgan fingerprint density at radius 1 is 0.967 bits per heavy atom. The molecule has 0 unspecified atom stereocenters. The van der Waals surface area contributed by atoms with Crippen LogP contribution >= 0.6 is 0 Å². The molecule has 3 N–H and O–H groups in total. The van der Waals surface area contributed by atoms with Crippen molar-refractivity contribution in [1.29, 1.82) is 0 Å². The van der Waals surface area contributed by atoms with Gasteiger partial charge >= 0.3 is 0 Å². The van der Waals surface area contributed by atoms with E-state index in [1.54, 1.807) is 36.6 Å². The fourth-order valence-corrected chi connectivity index (χ4v) is 4.11. The molecule has 2 aromatic carbocycles. The summed E-state index contributed by atoms with van der Waals surface area (Å²) < 4.78 is 10.9. The summed E-state index contributed by atoms with van der Waals surface area (Å²) in [6.45, 7) is 2.89. The number of benzene rings is 2. The maximum absolute atomic E-state index is 13.4. The predicted molar refractivity (Wildman–Crippen MR) is 113 cm³/mol. The Bertz CT molecular complexity index is 1130. The fraction of sp³-hybridized carbons (Fsp3) is 0.217. The molecule has 1 fully saturated rings. The second-order valence-corrected chi connectivity index (χ2v) is 7.34. The van der Waals surface area contributed by atoms with E-state index in [2.05, 4.69) is 10.2 Å². The minimum atomic E-state index is -0.228. The van der Waals surface area contributed by atoms with Gasteiger partial charge in [0.25, 0.3) is 0 Å². The number of hydrogen-bond acceptors (Lipinski definition) is 7. The van der Waals surface area contributed by atoms with E-state index < -0.39 is 0 Å². The quantitative estimate of drug-likeness (QED) is 0.505. The summed E-state index contributed by atoms with van der Waals surface area (Å²) in [4.78, 5) is 28.8. The molecule has 0 amide bonds. The summed E-state index contributed by atoms with van der Waals surface area (Å²) in [5, 5.41) is 3.28. The van der Waals surface area contributed by atoms with Crippen molar-refractivity contribution in [2.45, 2.75) is 6.54 Å². The molecule has 0 radical (unpaired) electrons. The number of fused-ring (bicyclic) bond motifs is 2. The van der Waals surface area contributed by atoms with E-state index in [1.807, 2.05) is 12.1 Å². The van der Waals surface area contributed by atoms with E-state index in [-0.39, 0.29) is 17.1 Å². The Hall–Kier alpha value is -3.58. The number of rotatable bonds is 4. The van der Waals surface area contributed by atoms with Crippen LogP contribution in [0.3, 0.4) is 0 Å². The second kappa shape index (κ2) is 7.35. The van der Waals surface area contributed by atoms with Crippen LogP contribution in [0.2, 0.25) is 0 Å². The first kappa shape index (κ1) is 18.4. The van der Waals surface area contributed by atoms with Gasteiger partial charge in [0.2, 0.25) is 0 Å². The van der Waals surface area contributed by atoms with Crippen LogP contribution in [0.15, 0.2) is 53.1 Å². The number of furan rings is 1. The number of carbonyl (C=O) groups is 2. The van der Waals surface area contributed by atoms with Crippen LogP contribution in [0.25, 0.3) is 0 Å². The number of nitrogens with one attached hydrogen (secondary N) is 1. The first-order valence-corrected chi connectivity index (χ1v) is 9.89. The number of nitrogen functional groups attached to an aromatic ring is 1. The molecule has 0 bridgehead atoms. The lowest BCUT2D eigenvalue weighted by atomic mass is 9.81. The monoisotopic (exact) mass is 403 g/mol. The van der Waals surface area contributed by atoms with E-state index >= 15 is 0 Å². The summed E-state index contributed by atoms with van der Waals surface area (Å²) in [5.41, 5.74) is 9.52. The van der Waals surface area contributed by atoms with Gasteiger partial charge < -0.3 is 25.1 Å². The minimum Gasteiger partial charge on any atom is -0.467 e. The lowest BCUT2D eigenvalue weighted by Crippen LogP contribution is -2.37. The SMILES string of the molecule is Nc1c(N2CCOCC2)cc(NCc2ccco2)c2c1C(=O)c1ccccc1C2=O. The van der Waals surface area contributed by atoms with Crippen molar-refractivity contribution >= 4 is 28.6 Å². The lowest BCUT2D eigenvalue weighted by molar-refractivity contribution is 0.0980. The van der Waals surface area contributed by atoms with Gasteiger partial charge in [-0.3, -0.25) is 9.59 Å². The van der Waals surface area contributed by atoms with Gasteiger partial charge in [-0.15, -0.1) is 0 Å². The molecule has 7 heteroatoms. The largest absolute Gasteiger partial charge is 0.467 e. The van der Waals surface area contributed by atoms with E-state index in [1.165, 1.54) is 0 Å². The number of hydrogen-bond donors (Lipinski definition) is 2. The minimum absolute atomic E-state index is 0.206. The summed E-state index contributed by atoms with van der Waals surface area (Å²) in [6, 6.07) is 12.4. The Labute approximate surface area is 173 Å². The third-order valence-electron chi connectivity index (χ3n) is 5.60. The van der Waals surface area contributed by atoms with Crippen LogP contribution in [-0.2, 0) is 11.3 Å². The summed E-state index contributed by atoms with van der Waals surface area (Å²) in [7, 11) is 0. The topological polar surface area (TPSA) is 97.8 Å². The van der Waals surface area contributed by atoms with Crippen LogP contribution in [0.5, 0.6) is 0 Å². The summed E-state index contributed by atoms with van der Waals surface area (Å²) in [6.07, 6.45) is 1.60. The van der Waals surface area contributed by atoms with E-state index in [9.17, 15) is 9.59 Å². The molecule has 7 nitrogen and oxygen atoms in total. The molecule has 5 rings (SSSR count). The fourth-order valence-electron chi connectivity index (χ4n) is 4.11. The number of carbonyl (C=O) groups excluding carboxylic acids is 2. The number of morpholine rings is 1. The highest BCUT2D eigenvalue weighted by molar-refractivity contribution is 6.32. The van der Waals surface area contributed by atoms with Crippen molar-refractivity contribution in [1.82, 2.24) is 0 Å². The van der Waals surface area contributed by atoms with Crippen LogP contribution in [0.4, 0.5) is 17.1 Å². The molecule has 2 heterocycles. The summed E-state index contributed by atoms with van der Waals surface area (Å²) in [5.74, 6) is 0.291. The van der Waals surface area contributed by atoms with E-state index in [0.717, 1.165) is 11.4 Å². The molecule has 2 aliphatic rings. The van der Waals surface area contributed by atoms with Gasteiger partial charge in [-0.2, -0.15) is 0 Å². The number of ketones is 2. The molecule has 0 spiro atoms. The average molecular weight is 403 g/mol. The zero-order valence-electron chi connectivity index (χ0n) is 16.3. The molecule has 1 saturated heterocycles. The second-order valence-electron chi connectivity index (χ2n) is 7.34. The average Bonchev–Trinajstić information content (AvgIpc) is 3.30. The standard InChI is InChI=1S/C23H21N3O4/c24-21-18(26-7-10-29-11-8-26)12-17(25-13-14-4-3-9-30-14)19-20(21)23(28)16-6-2-1-5-15(16)22(19)27/h1-6,9,12,25H,7-8,10-11,13,24H2. The zero-order valence-corrected chi connectivity index (χ0v) is 16.3. The highest BCUT2D eigenvalue weighted by Gasteiger charge is 2.35. The molecule has 1 aliphatic heterocycles. The summed E-state index contributed by atoms with van der Waals surface area (Å²) >= 11 is 0. The van der Waals surface area contributed by atoms with Crippen LogP contribution in [0.1, 0.15) is 37.6 Å². The first-order chi connectivity index (χ1) is 14.6. The molecule has 1 aromatic heterocycles. The van der Waals surface area contributed by atoms with Gasteiger partial charge in [0.1, 0.15) is 5.76 Å². The number of nitrogens with two attached hydrogens (primary N) is 1. The van der Waals surface area contributed by atoms with Crippen molar-refractivity contribution in [2.24, 2.45) is 0 Å². The molecule has 152 valence electrons. The maximum Gasteiger partial charge on any atom is 0.196 e. The van der Waals surface area contributed by atoms with Gasteiger partial charge in [-0.1, -0.05) is 24.3 Å². The van der Waals surface area contributed by atoms with E-state index in [4.69, 9.17) is 14.9 Å². The van der Waals surface area contributed by atoms with Crippen LogP contribution < -0.4 is 16.0 Å². The predicted octanol–water partition coefficient (Wildman–Crippen LogP) is 3.09. The van der Waals surface area contributed by atoms with Gasteiger partial charge in [0.05, 0.1) is 48.5 Å². The number of anilines is 3. The van der Waals surface area contributed by atoms with E-state index in [0.29, 0.717) is 60.9 Å². The third kappa shape index (κ3) is 2.95. The van der Waals surface area contributed by atoms with Crippen molar-refractivity contribution in [3.63, 3.8) is 0 Å². The van der Waals surface area contributed by atoms with Gasteiger partial charge in [0, 0.05) is 29.9 Å². The van der Waals surface area contributed by atoms with Crippen LogP contribution in [0, 0.1) is 0 Å². The zero-order chi connectivity index (χ0) is 20.7. The lowest BCUT2D eigenvalue weighted by Gasteiger charge is -2.32. The molecule has 30 heavy (non-hydrogen) atoms. The van der Waals surface area contributed by atoms with Gasteiger partial charge in [-0.05, 0) is 18.2 Å². The van der Waals surface area contributed by atoms with Gasteiger partial charge in [-0.25, -0.2) is 0 Å². The molecular weight excluding hydrogens is 382 g/mol. The normalized spacial score (nSPS) is 15.7. The van der Waals surface area contributed by atoms with Crippen molar-refractivity contribution in [3.8, 4) is 0 Å². The smallest absolute Gasteiger partial charge is 0.196 e. The highest BCUT2D eigenvalue weighted by atomic mass is 16.5. The van der Waals surface area contributed by atoms with Gasteiger partial charge in [0.15, 0.2) is 11.6 Å². The Balaban J connectivity index is 1.66. The molecule has 0 saturated carbocycles. The Morgan fingerprint density at radius 3 is 2.33 bits per heavy atom. The first-order valence-electron chi connectivity index (χ1n) is 9.89. The highest BCUT2D eigenvalue weighted by Crippen LogP contribution is 2.41. The molecule has 1 aliphatic carbocycles. The third-order valence-corrected chi connectivity index (χ3v) is 5.60. The maximum atomic E-state index is 13.4. The Morgan fingerprint density at radius 2 is 1.67 bits per heavy atom. The van der Waals surface area contributed by atoms with Crippen molar-refractivity contribution in [2.75, 3.05) is 42.3 Å². The molecule has 3 aromatic rings.